The molecular weight excluding hydrogens is 590 g/mol. The van der Waals surface area contributed by atoms with Crippen LogP contribution in [0.15, 0.2) is 98.1 Å². The van der Waals surface area contributed by atoms with Crippen molar-refractivity contribution in [2.75, 3.05) is 31.1 Å². The normalized spacial score (nSPS) is 28.3. The van der Waals surface area contributed by atoms with Crippen molar-refractivity contribution in [2.24, 2.45) is 17.8 Å². The highest BCUT2D eigenvalue weighted by Crippen LogP contribution is 2.66. The fraction of sp³-hybridized carbons (Fsp3) is 0.410. The summed E-state index contributed by atoms with van der Waals surface area (Å²) in [6.07, 6.45) is 4.55. The van der Waals surface area contributed by atoms with Gasteiger partial charge in [0.05, 0.1) is 30.1 Å². The van der Waals surface area contributed by atoms with E-state index < -0.39 is 41.7 Å². The van der Waals surface area contributed by atoms with Crippen molar-refractivity contribution in [3.8, 4) is 0 Å². The summed E-state index contributed by atoms with van der Waals surface area (Å²) in [6.45, 7) is 14.5. The monoisotopic (exact) mass is 635 g/mol. The minimum Gasteiger partial charge on any atom is -0.394 e. The van der Waals surface area contributed by atoms with Gasteiger partial charge in [-0.15, -0.1) is 13.2 Å². The van der Waals surface area contributed by atoms with Crippen molar-refractivity contribution >= 4 is 34.2 Å². The average molecular weight is 636 g/mol. The molecule has 7 atom stereocenters. The molecule has 0 aliphatic carbocycles. The van der Waals surface area contributed by atoms with E-state index in [1.54, 1.807) is 22.0 Å². The third-order valence-corrected chi connectivity index (χ3v) is 10.7. The molecule has 3 aliphatic rings. The summed E-state index contributed by atoms with van der Waals surface area (Å²) in [5.41, 5.74) is -0.856. The van der Waals surface area contributed by atoms with Gasteiger partial charge in [-0.3, -0.25) is 14.4 Å². The first-order chi connectivity index (χ1) is 22.7. The second kappa shape index (κ2) is 12.7. The number of anilines is 1. The van der Waals surface area contributed by atoms with Gasteiger partial charge in [-0.1, -0.05) is 86.7 Å². The molecular formula is C39H45N3O5. The summed E-state index contributed by atoms with van der Waals surface area (Å²) >= 11 is 0. The summed E-state index contributed by atoms with van der Waals surface area (Å²) < 4.78 is 7.03. The van der Waals surface area contributed by atoms with Crippen LogP contribution >= 0.6 is 0 Å². The molecule has 3 heterocycles. The lowest BCUT2D eigenvalue weighted by Gasteiger charge is -2.39. The van der Waals surface area contributed by atoms with Crippen molar-refractivity contribution in [1.29, 1.82) is 0 Å². The molecule has 1 spiro atoms. The van der Waals surface area contributed by atoms with Crippen LogP contribution in [0.3, 0.4) is 0 Å². The molecule has 1 N–H and O–H groups in total. The van der Waals surface area contributed by atoms with Gasteiger partial charge in [0.15, 0.2) is 0 Å². The number of aliphatic hydroxyl groups is 1. The third-order valence-electron chi connectivity index (χ3n) is 10.7. The van der Waals surface area contributed by atoms with E-state index in [0.29, 0.717) is 30.8 Å². The number of nitrogens with zero attached hydrogens (tertiary/aromatic N) is 3. The predicted molar refractivity (Wildman–Crippen MR) is 183 cm³/mol. The van der Waals surface area contributed by atoms with Crippen LogP contribution in [-0.2, 0) is 19.1 Å². The zero-order valence-corrected chi connectivity index (χ0v) is 27.5. The lowest BCUT2D eigenvalue weighted by molar-refractivity contribution is -0.153. The Morgan fingerprint density at radius 2 is 1.70 bits per heavy atom. The fourth-order valence-electron chi connectivity index (χ4n) is 8.56. The number of amides is 3. The first-order valence-corrected chi connectivity index (χ1v) is 16.7. The Morgan fingerprint density at radius 3 is 2.36 bits per heavy atom. The molecule has 3 aliphatic heterocycles. The van der Waals surface area contributed by atoms with E-state index >= 15 is 9.59 Å². The van der Waals surface area contributed by atoms with Gasteiger partial charge >= 0.3 is 0 Å². The van der Waals surface area contributed by atoms with Crippen molar-refractivity contribution in [3.05, 3.63) is 104 Å². The number of aliphatic hydroxyl groups excluding tert-OH is 1. The van der Waals surface area contributed by atoms with Crippen LogP contribution in [0.25, 0.3) is 10.8 Å². The molecule has 8 heteroatoms. The van der Waals surface area contributed by atoms with E-state index in [2.05, 4.69) is 13.2 Å². The Hall–Kier alpha value is -4.27. The minimum absolute atomic E-state index is 0.110. The summed E-state index contributed by atoms with van der Waals surface area (Å²) in [5, 5.41) is 12.9. The van der Waals surface area contributed by atoms with Gasteiger partial charge < -0.3 is 24.5 Å². The predicted octanol–water partition coefficient (Wildman–Crippen LogP) is 5.53. The Bertz CT molecular complexity index is 1690. The molecule has 2 bridgehead atoms. The maximum absolute atomic E-state index is 15.2. The number of benzene rings is 3. The van der Waals surface area contributed by atoms with Crippen LogP contribution in [0, 0.1) is 17.8 Å². The van der Waals surface area contributed by atoms with Crippen LogP contribution in [0.1, 0.15) is 45.2 Å². The molecule has 3 aromatic rings. The summed E-state index contributed by atoms with van der Waals surface area (Å²) in [4.78, 5) is 49.7. The molecule has 246 valence electrons. The van der Waals surface area contributed by atoms with Gasteiger partial charge in [-0.05, 0) is 54.2 Å². The second-order valence-corrected chi connectivity index (χ2v) is 13.4. The molecule has 3 amide bonds. The maximum Gasteiger partial charge on any atom is 0.253 e. The van der Waals surface area contributed by atoms with Gasteiger partial charge in [-0.25, -0.2) is 0 Å². The number of fused-ring (bicyclic) bond motifs is 2. The molecule has 6 rings (SSSR count). The molecule has 3 fully saturated rings. The standard InChI is InChI=1S/C39H45N3O5/c1-6-20-40(21-7-2)35(44)32-33-36(45)42(31(25-43)28-15-10-9-11-16-28)34(39(33)24-26(4)38(32,5)47-39)37(46)41(22-8-3)30-19-18-27-14-12-13-17-29(27)23-30/h6,8-19,23,26,31-34,43H,1,3,7,20-22,24-25H2,2,4-5H3/t26?,31-,32-,33+,34?,38+,39?/m1/s1. The molecule has 3 aromatic carbocycles. The number of hydrogen-bond acceptors (Lipinski definition) is 5. The fourth-order valence-corrected chi connectivity index (χ4v) is 8.56. The van der Waals surface area contributed by atoms with Crippen molar-refractivity contribution < 1.29 is 24.2 Å². The molecule has 3 unspecified atom stereocenters. The van der Waals surface area contributed by atoms with Gasteiger partial charge in [-0.2, -0.15) is 0 Å². The summed E-state index contributed by atoms with van der Waals surface area (Å²) in [7, 11) is 0. The topological polar surface area (TPSA) is 90.4 Å². The zero-order chi connectivity index (χ0) is 33.5. The van der Waals surface area contributed by atoms with E-state index in [4.69, 9.17) is 4.74 Å². The number of ether oxygens (including phenoxy) is 1. The molecule has 3 saturated heterocycles. The molecule has 47 heavy (non-hydrogen) atoms. The van der Waals surface area contributed by atoms with E-state index in [1.807, 2.05) is 93.6 Å². The molecule has 0 aromatic heterocycles. The van der Waals surface area contributed by atoms with Crippen molar-refractivity contribution in [2.45, 2.75) is 56.9 Å². The SMILES string of the molecule is C=CCN(CCC)C(=O)[C@H]1[C@H]2C(=O)N([C@H](CO)c3ccccc3)C(C(=O)N(CC=C)c3ccc4ccccc4c3)C23CC(C)[C@]1(C)O3. The van der Waals surface area contributed by atoms with Crippen LogP contribution < -0.4 is 4.90 Å². The number of carbonyl (C=O) groups is 3. The van der Waals surface area contributed by atoms with Crippen LogP contribution in [0.5, 0.6) is 0 Å². The zero-order valence-electron chi connectivity index (χ0n) is 27.5. The van der Waals surface area contributed by atoms with E-state index in [-0.39, 0.29) is 30.2 Å². The summed E-state index contributed by atoms with van der Waals surface area (Å²) in [5.74, 6) is -2.63. The second-order valence-electron chi connectivity index (χ2n) is 13.4. The van der Waals surface area contributed by atoms with Gasteiger partial charge in [0.25, 0.3) is 5.91 Å². The van der Waals surface area contributed by atoms with Gasteiger partial charge in [0.2, 0.25) is 11.8 Å². The highest BCUT2D eigenvalue weighted by atomic mass is 16.5. The Morgan fingerprint density at radius 1 is 1.02 bits per heavy atom. The highest BCUT2D eigenvalue weighted by Gasteiger charge is 2.80. The van der Waals surface area contributed by atoms with Crippen molar-refractivity contribution in [1.82, 2.24) is 9.80 Å². The van der Waals surface area contributed by atoms with E-state index in [0.717, 1.165) is 17.2 Å². The highest BCUT2D eigenvalue weighted by molar-refractivity contribution is 6.06. The van der Waals surface area contributed by atoms with Crippen LogP contribution in [0.4, 0.5) is 5.69 Å². The number of carbonyl (C=O) groups excluding carboxylic acids is 3. The minimum atomic E-state index is -1.27. The van der Waals surface area contributed by atoms with E-state index in [1.165, 1.54) is 4.90 Å². The lowest BCUT2D eigenvalue weighted by Crippen LogP contribution is -2.57. The maximum atomic E-state index is 15.2. The van der Waals surface area contributed by atoms with Gasteiger partial charge in [0.1, 0.15) is 11.6 Å². The largest absolute Gasteiger partial charge is 0.394 e. The molecule has 8 nitrogen and oxygen atoms in total. The average Bonchev–Trinajstić information content (AvgIpc) is 3.60. The quantitative estimate of drug-likeness (QED) is 0.265. The number of hydrogen-bond donors (Lipinski definition) is 1. The van der Waals surface area contributed by atoms with Crippen LogP contribution in [-0.4, -0.2) is 76.1 Å². The Labute approximate surface area is 277 Å². The Balaban J connectivity index is 1.52. The van der Waals surface area contributed by atoms with E-state index in [9.17, 15) is 9.90 Å². The first kappa shape index (κ1) is 32.7. The smallest absolute Gasteiger partial charge is 0.253 e. The van der Waals surface area contributed by atoms with Gasteiger partial charge in [0, 0.05) is 25.3 Å². The lowest BCUT2D eigenvalue weighted by atomic mass is 9.62. The first-order valence-electron chi connectivity index (χ1n) is 16.7. The third kappa shape index (κ3) is 5.09. The molecule has 0 saturated carbocycles. The summed E-state index contributed by atoms with van der Waals surface area (Å²) in [6, 6.07) is 21.2. The van der Waals surface area contributed by atoms with Crippen LogP contribution in [0.2, 0.25) is 0 Å². The Kier molecular flexibility index (Phi) is 8.85. The molecule has 0 radical (unpaired) electrons. The van der Waals surface area contributed by atoms with Crippen molar-refractivity contribution in [3.63, 3.8) is 0 Å². The number of likely N-dealkylation sites (tertiary alicyclic amines) is 1. The number of rotatable bonds is 12.